The van der Waals surface area contributed by atoms with Gasteiger partial charge in [0.1, 0.15) is 6.61 Å². The van der Waals surface area contributed by atoms with Gasteiger partial charge in [-0.2, -0.15) is 0 Å². The third-order valence-electron chi connectivity index (χ3n) is 3.91. The lowest BCUT2D eigenvalue weighted by molar-refractivity contribution is 0.0449. The van der Waals surface area contributed by atoms with Gasteiger partial charge in [-0.05, 0) is 27.2 Å². The van der Waals surface area contributed by atoms with E-state index in [1.54, 1.807) is 21.3 Å². The molecular weight excluding hydrogens is 272 g/mol. The second kappa shape index (κ2) is 7.96. The summed E-state index contributed by atoms with van der Waals surface area (Å²) in [7, 11) is 5.07. The minimum absolute atomic E-state index is 0.0340. The molecule has 124 valence electrons. The maximum atomic E-state index is 11.9. The number of rotatable bonds is 6. The Kier molecular flexibility index (Phi) is 6.90. The average Bonchev–Trinajstić information content (AvgIpc) is 2.85. The van der Waals surface area contributed by atoms with Crippen molar-refractivity contribution in [1.82, 2.24) is 9.80 Å². The number of methoxy groups -OCH3 is 2. The summed E-state index contributed by atoms with van der Waals surface area (Å²) in [6.07, 6.45) is 0.795. The summed E-state index contributed by atoms with van der Waals surface area (Å²) in [5, 5.41) is 0. The Balaban J connectivity index is 2.50. The molecule has 1 aliphatic rings. The van der Waals surface area contributed by atoms with Crippen molar-refractivity contribution in [2.75, 3.05) is 47.6 Å². The molecule has 0 bridgehead atoms. The number of hydrogen-bond acceptors (Lipinski definition) is 5. The smallest absolute Gasteiger partial charge is 0.409 e. The molecule has 0 radical (unpaired) electrons. The zero-order valence-electron chi connectivity index (χ0n) is 14.2. The summed E-state index contributed by atoms with van der Waals surface area (Å²) in [6, 6.07) is 0.203. The first-order valence-corrected chi connectivity index (χ1v) is 7.46. The fourth-order valence-corrected chi connectivity index (χ4v) is 2.62. The van der Waals surface area contributed by atoms with Gasteiger partial charge in [0.25, 0.3) is 0 Å². The minimum Gasteiger partial charge on any atom is -0.448 e. The molecule has 6 nitrogen and oxygen atoms in total. The predicted octanol–water partition coefficient (Wildman–Crippen LogP) is 1.59. The first-order chi connectivity index (χ1) is 9.79. The molecule has 0 aliphatic carbocycles. The van der Waals surface area contributed by atoms with E-state index in [1.165, 1.54) is 4.90 Å². The lowest BCUT2D eigenvalue weighted by Gasteiger charge is -2.36. The quantitative estimate of drug-likeness (QED) is 0.746. The zero-order chi connectivity index (χ0) is 16.0. The molecule has 1 aliphatic heterocycles. The monoisotopic (exact) mass is 302 g/mol. The Morgan fingerprint density at radius 2 is 2.00 bits per heavy atom. The van der Waals surface area contributed by atoms with Crippen LogP contribution < -0.4 is 0 Å². The fraction of sp³-hybridized carbons (Fsp3) is 0.933. The van der Waals surface area contributed by atoms with Gasteiger partial charge >= 0.3 is 6.09 Å². The van der Waals surface area contributed by atoms with Crippen LogP contribution in [0.25, 0.3) is 0 Å². The summed E-state index contributed by atoms with van der Waals surface area (Å²) < 4.78 is 15.9. The van der Waals surface area contributed by atoms with E-state index in [-0.39, 0.29) is 23.8 Å². The molecule has 1 rings (SSSR count). The second-order valence-electron chi connectivity index (χ2n) is 6.56. The molecule has 1 heterocycles. The van der Waals surface area contributed by atoms with Gasteiger partial charge in [-0.25, -0.2) is 4.79 Å². The highest BCUT2D eigenvalue weighted by Gasteiger charge is 2.39. The SMILES string of the molecule is COCCN(C)C(=O)OCC1CC(OC)CN1C(C)(C)C. The van der Waals surface area contributed by atoms with Gasteiger partial charge in [-0.15, -0.1) is 0 Å². The Morgan fingerprint density at radius 3 is 2.52 bits per heavy atom. The molecular formula is C15H30N2O4. The first-order valence-electron chi connectivity index (χ1n) is 7.46. The predicted molar refractivity (Wildman–Crippen MR) is 81.5 cm³/mol. The Morgan fingerprint density at radius 1 is 1.33 bits per heavy atom. The highest BCUT2D eigenvalue weighted by atomic mass is 16.6. The third-order valence-corrected chi connectivity index (χ3v) is 3.91. The molecule has 2 atom stereocenters. The maximum absolute atomic E-state index is 11.9. The van der Waals surface area contributed by atoms with Crippen LogP contribution in [0, 0.1) is 0 Å². The minimum atomic E-state index is -0.304. The number of likely N-dealkylation sites (N-methyl/N-ethyl adjacent to an activating group) is 1. The molecule has 0 aromatic carbocycles. The summed E-state index contributed by atoms with van der Waals surface area (Å²) in [4.78, 5) is 15.8. The number of ether oxygens (including phenoxy) is 3. The van der Waals surface area contributed by atoms with Crippen LogP contribution in [0.1, 0.15) is 27.2 Å². The molecule has 1 amide bonds. The van der Waals surface area contributed by atoms with Crippen LogP contribution in [0.3, 0.4) is 0 Å². The van der Waals surface area contributed by atoms with Crippen molar-refractivity contribution in [3.8, 4) is 0 Å². The standard InChI is InChI=1S/C15H30N2O4/c1-15(2,3)17-10-13(20-6)9-12(17)11-21-14(18)16(4)7-8-19-5/h12-13H,7-11H2,1-6H3. The van der Waals surface area contributed by atoms with Crippen molar-refractivity contribution < 1.29 is 19.0 Å². The van der Waals surface area contributed by atoms with E-state index >= 15 is 0 Å². The van der Waals surface area contributed by atoms with Crippen molar-refractivity contribution in [3.05, 3.63) is 0 Å². The molecule has 1 fully saturated rings. The van der Waals surface area contributed by atoms with Gasteiger partial charge in [-0.1, -0.05) is 0 Å². The van der Waals surface area contributed by atoms with Gasteiger partial charge in [0.15, 0.2) is 0 Å². The Hall–Kier alpha value is -0.850. The van der Waals surface area contributed by atoms with E-state index in [1.807, 2.05) is 0 Å². The van der Waals surface area contributed by atoms with E-state index in [2.05, 4.69) is 25.7 Å². The van der Waals surface area contributed by atoms with Crippen LogP contribution >= 0.6 is 0 Å². The van der Waals surface area contributed by atoms with Gasteiger partial charge < -0.3 is 19.1 Å². The number of carbonyl (C=O) groups is 1. The van der Waals surface area contributed by atoms with Crippen molar-refractivity contribution in [3.63, 3.8) is 0 Å². The van der Waals surface area contributed by atoms with E-state index in [0.29, 0.717) is 19.8 Å². The molecule has 6 heteroatoms. The zero-order valence-corrected chi connectivity index (χ0v) is 14.2. The van der Waals surface area contributed by atoms with Crippen molar-refractivity contribution in [2.45, 2.75) is 44.9 Å². The molecule has 1 saturated heterocycles. The van der Waals surface area contributed by atoms with Crippen LogP contribution in [-0.2, 0) is 14.2 Å². The van der Waals surface area contributed by atoms with Gasteiger partial charge in [-0.3, -0.25) is 4.90 Å². The third kappa shape index (κ3) is 5.45. The summed E-state index contributed by atoms with van der Waals surface area (Å²) in [5.74, 6) is 0. The normalized spacial score (nSPS) is 23.3. The van der Waals surface area contributed by atoms with Crippen LogP contribution in [0.5, 0.6) is 0 Å². The molecule has 2 unspecified atom stereocenters. The van der Waals surface area contributed by atoms with E-state index in [4.69, 9.17) is 14.2 Å². The van der Waals surface area contributed by atoms with Crippen LogP contribution in [0.2, 0.25) is 0 Å². The molecule has 0 aromatic rings. The van der Waals surface area contributed by atoms with Crippen LogP contribution in [0.15, 0.2) is 0 Å². The van der Waals surface area contributed by atoms with Crippen molar-refractivity contribution in [1.29, 1.82) is 0 Å². The summed E-state index contributed by atoms with van der Waals surface area (Å²) >= 11 is 0. The van der Waals surface area contributed by atoms with Crippen molar-refractivity contribution in [2.24, 2.45) is 0 Å². The lowest BCUT2D eigenvalue weighted by Crippen LogP contribution is -2.47. The number of amides is 1. The molecule has 21 heavy (non-hydrogen) atoms. The first kappa shape index (κ1) is 18.2. The van der Waals surface area contributed by atoms with E-state index < -0.39 is 0 Å². The molecule has 0 N–H and O–H groups in total. The highest BCUT2D eigenvalue weighted by Crippen LogP contribution is 2.28. The maximum Gasteiger partial charge on any atom is 0.409 e. The van der Waals surface area contributed by atoms with Gasteiger partial charge in [0.05, 0.1) is 12.7 Å². The molecule has 0 spiro atoms. The highest BCUT2D eigenvalue weighted by molar-refractivity contribution is 5.67. The largest absolute Gasteiger partial charge is 0.448 e. The number of hydrogen-bond donors (Lipinski definition) is 0. The Bertz CT molecular complexity index is 330. The fourth-order valence-electron chi connectivity index (χ4n) is 2.62. The summed E-state index contributed by atoms with van der Waals surface area (Å²) in [5.41, 5.74) is 0.0340. The van der Waals surface area contributed by atoms with Gasteiger partial charge in [0.2, 0.25) is 0 Å². The van der Waals surface area contributed by atoms with Crippen molar-refractivity contribution >= 4 is 6.09 Å². The summed E-state index contributed by atoms with van der Waals surface area (Å²) in [6.45, 7) is 8.83. The second-order valence-corrected chi connectivity index (χ2v) is 6.56. The van der Waals surface area contributed by atoms with E-state index in [9.17, 15) is 4.79 Å². The topological polar surface area (TPSA) is 51.2 Å². The van der Waals surface area contributed by atoms with Gasteiger partial charge in [0, 0.05) is 45.9 Å². The van der Waals surface area contributed by atoms with Crippen LogP contribution in [0.4, 0.5) is 4.79 Å². The molecule has 0 saturated carbocycles. The van der Waals surface area contributed by atoms with E-state index in [0.717, 1.165) is 13.0 Å². The number of carbonyl (C=O) groups excluding carboxylic acids is 1. The van der Waals surface area contributed by atoms with Crippen LogP contribution in [-0.4, -0.2) is 81.1 Å². The molecule has 0 aromatic heterocycles. The lowest BCUT2D eigenvalue weighted by atomic mass is 10.1. The number of likely N-dealkylation sites (tertiary alicyclic amines) is 1. The average molecular weight is 302 g/mol. The number of nitrogens with zero attached hydrogens (tertiary/aromatic N) is 2. The Labute approximate surface area is 128 Å².